The van der Waals surface area contributed by atoms with Crippen LogP contribution in [0.3, 0.4) is 0 Å². The third kappa shape index (κ3) is 3.54. The van der Waals surface area contributed by atoms with E-state index >= 15 is 0 Å². The zero-order chi connectivity index (χ0) is 13.8. The molecular weight excluding hydrogens is 252 g/mol. The summed E-state index contributed by atoms with van der Waals surface area (Å²) in [7, 11) is 0. The molecule has 1 saturated heterocycles. The van der Waals surface area contributed by atoms with E-state index in [1.54, 1.807) is 13.0 Å². The van der Waals surface area contributed by atoms with Gasteiger partial charge in [0.2, 0.25) is 17.7 Å². The normalized spacial score (nSPS) is 17.9. The number of anilines is 1. The van der Waals surface area contributed by atoms with Crippen molar-refractivity contribution in [3.8, 4) is 0 Å². The summed E-state index contributed by atoms with van der Waals surface area (Å²) in [6, 6.07) is 1.02. The molecule has 1 aliphatic heterocycles. The molecule has 8 nitrogen and oxygen atoms in total. The van der Waals surface area contributed by atoms with Gasteiger partial charge in [0.05, 0.1) is 6.54 Å². The summed E-state index contributed by atoms with van der Waals surface area (Å²) in [5.41, 5.74) is 0. The molecule has 0 saturated carbocycles. The minimum atomic E-state index is -0.547. The summed E-state index contributed by atoms with van der Waals surface area (Å²) in [6.45, 7) is 1.52. The average molecular weight is 266 g/mol. The molecule has 0 bridgehead atoms. The highest BCUT2D eigenvalue weighted by molar-refractivity contribution is 5.96. The summed E-state index contributed by atoms with van der Waals surface area (Å²) in [5, 5.41) is 11.0. The second-order valence-corrected chi connectivity index (χ2v) is 4.25. The molecule has 0 aliphatic carbocycles. The zero-order valence-electron chi connectivity index (χ0n) is 10.4. The number of nitrogens with one attached hydrogen (secondary N) is 3. The highest BCUT2D eigenvalue weighted by Gasteiger charge is 2.27. The minimum absolute atomic E-state index is 0.150. The van der Waals surface area contributed by atoms with Gasteiger partial charge in [0.1, 0.15) is 11.8 Å². The molecule has 1 fully saturated rings. The Hall–Kier alpha value is -2.38. The summed E-state index contributed by atoms with van der Waals surface area (Å²) >= 11 is 0. The highest BCUT2D eigenvalue weighted by atomic mass is 16.5. The van der Waals surface area contributed by atoms with Crippen LogP contribution in [0.4, 0.5) is 5.82 Å². The Morgan fingerprint density at radius 1 is 1.58 bits per heavy atom. The Bertz CT molecular complexity index is 511. The van der Waals surface area contributed by atoms with Gasteiger partial charge in [-0.05, 0) is 13.3 Å². The maximum absolute atomic E-state index is 11.6. The van der Waals surface area contributed by atoms with Crippen LogP contribution in [0.15, 0.2) is 10.6 Å². The van der Waals surface area contributed by atoms with Crippen LogP contribution < -0.4 is 16.0 Å². The van der Waals surface area contributed by atoms with Crippen molar-refractivity contribution >= 4 is 23.5 Å². The molecular formula is C11H14N4O4. The zero-order valence-corrected chi connectivity index (χ0v) is 10.4. The van der Waals surface area contributed by atoms with Gasteiger partial charge in [-0.15, -0.1) is 0 Å². The molecule has 19 heavy (non-hydrogen) atoms. The number of carbonyl (C=O) groups is 3. The van der Waals surface area contributed by atoms with Gasteiger partial charge >= 0.3 is 0 Å². The maximum atomic E-state index is 11.6. The first-order valence-electron chi connectivity index (χ1n) is 5.85. The lowest BCUT2D eigenvalue weighted by Gasteiger charge is -2.10. The Balaban J connectivity index is 1.74. The number of aryl methyl sites for hydroxylation is 1. The topological polar surface area (TPSA) is 113 Å². The average Bonchev–Trinajstić information content (AvgIpc) is 2.95. The quantitative estimate of drug-likeness (QED) is 0.668. The summed E-state index contributed by atoms with van der Waals surface area (Å²) in [6.07, 6.45) is 0.789. The molecule has 1 atom stereocenters. The number of nitrogens with zero attached hydrogens (tertiary/aromatic N) is 1. The van der Waals surface area contributed by atoms with Crippen LogP contribution in [0.25, 0.3) is 0 Å². The SMILES string of the molecule is Cc1cc(NC(=O)CNC(=O)C2CCC(=O)N2)no1. The number of hydrogen-bond donors (Lipinski definition) is 3. The fourth-order valence-corrected chi connectivity index (χ4v) is 1.71. The van der Waals surface area contributed by atoms with Crippen molar-refractivity contribution < 1.29 is 18.9 Å². The number of hydrogen-bond acceptors (Lipinski definition) is 5. The van der Waals surface area contributed by atoms with Crippen LogP contribution in [0.1, 0.15) is 18.6 Å². The van der Waals surface area contributed by atoms with Crippen molar-refractivity contribution in [3.63, 3.8) is 0 Å². The molecule has 3 amide bonds. The van der Waals surface area contributed by atoms with Gasteiger partial charge in [-0.2, -0.15) is 0 Å². The molecule has 1 aliphatic rings. The van der Waals surface area contributed by atoms with Crippen molar-refractivity contribution in [1.29, 1.82) is 0 Å². The Morgan fingerprint density at radius 3 is 2.95 bits per heavy atom. The summed E-state index contributed by atoms with van der Waals surface area (Å²) < 4.78 is 4.78. The predicted molar refractivity (Wildman–Crippen MR) is 64.0 cm³/mol. The van der Waals surface area contributed by atoms with E-state index in [1.807, 2.05) is 0 Å². The van der Waals surface area contributed by atoms with Crippen LogP contribution in [0.5, 0.6) is 0 Å². The first-order valence-corrected chi connectivity index (χ1v) is 5.85. The Morgan fingerprint density at radius 2 is 2.37 bits per heavy atom. The van der Waals surface area contributed by atoms with Crippen molar-refractivity contribution in [2.75, 3.05) is 11.9 Å². The van der Waals surface area contributed by atoms with E-state index in [-0.39, 0.29) is 18.4 Å². The number of carbonyl (C=O) groups excluding carboxylic acids is 3. The largest absolute Gasteiger partial charge is 0.360 e. The van der Waals surface area contributed by atoms with Gasteiger partial charge in [-0.3, -0.25) is 14.4 Å². The molecule has 0 aromatic carbocycles. The van der Waals surface area contributed by atoms with E-state index in [4.69, 9.17) is 4.52 Å². The molecule has 1 aromatic rings. The molecule has 1 aromatic heterocycles. The highest BCUT2D eigenvalue weighted by Crippen LogP contribution is 2.07. The van der Waals surface area contributed by atoms with E-state index in [0.29, 0.717) is 24.4 Å². The Labute approximate surface area is 108 Å². The van der Waals surface area contributed by atoms with Crippen LogP contribution in [-0.4, -0.2) is 35.5 Å². The third-order valence-corrected chi connectivity index (χ3v) is 2.63. The van der Waals surface area contributed by atoms with Crippen molar-refractivity contribution in [2.24, 2.45) is 0 Å². The fourth-order valence-electron chi connectivity index (χ4n) is 1.71. The molecule has 1 unspecified atom stereocenters. The molecule has 102 valence electrons. The van der Waals surface area contributed by atoms with E-state index in [9.17, 15) is 14.4 Å². The van der Waals surface area contributed by atoms with Crippen LogP contribution in [-0.2, 0) is 14.4 Å². The second kappa shape index (κ2) is 5.51. The number of rotatable bonds is 4. The first-order chi connectivity index (χ1) is 9.04. The van der Waals surface area contributed by atoms with E-state index < -0.39 is 11.9 Å². The number of aromatic nitrogens is 1. The molecule has 0 spiro atoms. The van der Waals surface area contributed by atoms with Crippen LogP contribution in [0, 0.1) is 6.92 Å². The molecule has 8 heteroatoms. The van der Waals surface area contributed by atoms with Crippen molar-refractivity contribution in [1.82, 2.24) is 15.8 Å². The van der Waals surface area contributed by atoms with Gasteiger partial charge in [0.15, 0.2) is 5.82 Å². The fraction of sp³-hybridized carbons (Fsp3) is 0.455. The van der Waals surface area contributed by atoms with E-state index in [1.165, 1.54) is 0 Å². The molecule has 2 rings (SSSR count). The smallest absolute Gasteiger partial charge is 0.245 e. The lowest BCUT2D eigenvalue weighted by molar-refractivity contribution is -0.127. The monoisotopic (exact) mass is 266 g/mol. The standard InChI is InChI=1S/C11H14N4O4/c1-6-4-8(15-19-6)14-10(17)5-12-11(18)7-2-3-9(16)13-7/h4,7H,2-3,5H2,1H3,(H,12,18)(H,13,16)(H,14,15,17). The van der Waals surface area contributed by atoms with Gasteiger partial charge < -0.3 is 20.5 Å². The lowest BCUT2D eigenvalue weighted by Crippen LogP contribution is -2.44. The molecule has 0 radical (unpaired) electrons. The number of amides is 3. The van der Waals surface area contributed by atoms with Gasteiger partial charge in [0.25, 0.3) is 0 Å². The summed E-state index contributed by atoms with van der Waals surface area (Å²) in [4.78, 5) is 34.1. The second-order valence-electron chi connectivity index (χ2n) is 4.25. The van der Waals surface area contributed by atoms with Gasteiger partial charge in [-0.25, -0.2) is 0 Å². The first kappa shape index (κ1) is 13.1. The van der Waals surface area contributed by atoms with Crippen LogP contribution >= 0.6 is 0 Å². The predicted octanol–water partition coefficient (Wildman–Crippen LogP) is -0.684. The summed E-state index contributed by atoms with van der Waals surface area (Å²) in [5.74, 6) is -0.0510. The van der Waals surface area contributed by atoms with Crippen LogP contribution in [0.2, 0.25) is 0 Å². The van der Waals surface area contributed by atoms with Crippen molar-refractivity contribution in [2.45, 2.75) is 25.8 Å². The minimum Gasteiger partial charge on any atom is -0.360 e. The van der Waals surface area contributed by atoms with E-state index in [0.717, 1.165) is 0 Å². The molecule has 2 heterocycles. The third-order valence-electron chi connectivity index (χ3n) is 2.63. The molecule has 3 N–H and O–H groups in total. The lowest BCUT2D eigenvalue weighted by atomic mass is 10.2. The Kier molecular flexibility index (Phi) is 3.79. The van der Waals surface area contributed by atoms with E-state index in [2.05, 4.69) is 21.1 Å². The van der Waals surface area contributed by atoms with Gasteiger partial charge in [0, 0.05) is 12.5 Å². The maximum Gasteiger partial charge on any atom is 0.245 e. The van der Waals surface area contributed by atoms with Crippen molar-refractivity contribution in [3.05, 3.63) is 11.8 Å². The van der Waals surface area contributed by atoms with Gasteiger partial charge in [-0.1, -0.05) is 5.16 Å².